The molecule has 0 unspecified atom stereocenters. The fourth-order valence-corrected chi connectivity index (χ4v) is 4.45. The van der Waals surface area contributed by atoms with Crippen LogP contribution < -0.4 is 14.7 Å². The largest absolute Gasteiger partial charge is 0.382 e. The molecule has 1 rings (SSSR count). The number of rotatable bonds is 51. The molecule has 0 radical (unpaired) electrons. The fraction of sp³-hybridized carbons (Fsp3) is 0.923. The van der Waals surface area contributed by atoms with Gasteiger partial charge in [-0.15, -0.1) is 0 Å². The average Bonchev–Trinajstić information content (AvgIpc) is 3.30. The summed E-state index contributed by atoms with van der Waals surface area (Å²) in [7, 11) is 9.70. The molecule has 0 saturated carbocycles. The normalized spacial score (nSPS) is 11.5. The van der Waals surface area contributed by atoms with Gasteiger partial charge in [-0.1, -0.05) is 0 Å². The Bertz CT molecular complexity index is 906. The Balaban J connectivity index is 3.54. The van der Waals surface area contributed by atoms with Crippen LogP contribution in [-0.2, 0) is 85.3 Å². The fourth-order valence-electron chi connectivity index (χ4n) is 4.45. The highest BCUT2D eigenvalue weighted by Crippen LogP contribution is 2.20. The zero-order chi connectivity index (χ0) is 45.5. The molecule has 0 amide bonds. The number of anilines is 3. The predicted molar refractivity (Wildman–Crippen MR) is 228 cm³/mol. The zero-order valence-corrected chi connectivity index (χ0v) is 38.7. The van der Waals surface area contributed by atoms with Crippen LogP contribution in [0.25, 0.3) is 0 Å². The SMILES string of the molecule is COCCOCCOCN(COCCOCCOC)c1nc(N(COCCOCCOC)COCCOCCOC)nc(N(COCCOCCOC)COCCOCCOC)n1. The molecule has 24 nitrogen and oxygen atoms in total. The van der Waals surface area contributed by atoms with Gasteiger partial charge in [0, 0.05) is 42.7 Å². The Hall–Kier alpha value is -2.31. The first-order chi connectivity index (χ1) is 31.1. The molecule has 63 heavy (non-hydrogen) atoms. The second-order valence-electron chi connectivity index (χ2n) is 12.7. The van der Waals surface area contributed by atoms with Crippen molar-refractivity contribution in [2.24, 2.45) is 0 Å². The number of aromatic nitrogens is 3. The van der Waals surface area contributed by atoms with E-state index in [-0.39, 0.29) is 97.9 Å². The Kier molecular flexibility index (Phi) is 43.1. The van der Waals surface area contributed by atoms with Crippen LogP contribution in [0.1, 0.15) is 0 Å². The van der Waals surface area contributed by atoms with Crippen LogP contribution in [0.5, 0.6) is 0 Å². The van der Waals surface area contributed by atoms with Crippen LogP contribution in [0.3, 0.4) is 0 Å². The molecule has 0 spiro atoms. The van der Waals surface area contributed by atoms with Gasteiger partial charge in [0.1, 0.15) is 40.4 Å². The molecule has 0 fully saturated rings. The van der Waals surface area contributed by atoms with E-state index in [0.717, 1.165) is 0 Å². The highest BCUT2D eigenvalue weighted by molar-refractivity contribution is 5.45. The van der Waals surface area contributed by atoms with E-state index in [1.165, 1.54) is 0 Å². The minimum Gasteiger partial charge on any atom is -0.382 e. The molecule has 1 heterocycles. The van der Waals surface area contributed by atoms with Gasteiger partial charge in [-0.25, -0.2) is 0 Å². The van der Waals surface area contributed by atoms with E-state index < -0.39 is 0 Å². The van der Waals surface area contributed by atoms with E-state index in [1.54, 1.807) is 57.4 Å². The van der Waals surface area contributed by atoms with Gasteiger partial charge >= 0.3 is 0 Å². The van der Waals surface area contributed by atoms with Crippen molar-refractivity contribution in [2.45, 2.75) is 0 Å². The second kappa shape index (κ2) is 46.2. The molecule has 0 atom stereocenters. The Morgan fingerprint density at radius 3 is 0.524 bits per heavy atom. The van der Waals surface area contributed by atoms with Crippen molar-refractivity contribution < 1.29 is 85.3 Å². The molecule has 1 aromatic heterocycles. The molecule has 0 N–H and O–H groups in total. The molecule has 0 aliphatic rings. The summed E-state index contributed by atoms with van der Waals surface area (Å²) >= 11 is 0. The van der Waals surface area contributed by atoms with E-state index >= 15 is 0 Å². The first-order valence-corrected chi connectivity index (χ1v) is 21.0. The summed E-state index contributed by atoms with van der Waals surface area (Å²) in [6.07, 6.45) is 0. The van der Waals surface area contributed by atoms with Crippen molar-refractivity contribution in [2.75, 3.05) is 256 Å². The molecule has 0 aromatic carbocycles. The number of ether oxygens (including phenoxy) is 18. The second-order valence-corrected chi connectivity index (χ2v) is 12.7. The minimum atomic E-state index is 0.0380. The van der Waals surface area contributed by atoms with Gasteiger partial charge in [0.25, 0.3) is 0 Å². The number of hydrogen-bond acceptors (Lipinski definition) is 24. The molecule has 24 heteroatoms. The molecular formula is C39H78N6O18. The number of methoxy groups -OCH3 is 6. The van der Waals surface area contributed by atoms with Crippen molar-refractivity contribution in [3.8, 4) is 0 Å². The quantitative estimate of drug-likeness (QED) is 0.0627. The van der Waals surface area contributed by atoms with Crippen molar-refractivity contribution >= 4 is 17.8 Å². The van der Waals surface area contributed by atoms with Gasteiger partial charge in [-0.2, -0.15) is 15.0 Å². The Labute approximate surface area is 374 Å². The number of hydrogen-bond donors (Lipinski definition) is 0. The van der Waals surface area contributed by atoms with Crippen LogP contribution in [0.2, 0.25) is 0 Å². The number of nitrogens with zero attached hydrogens (tertiary/aromatic N) is 6. The predicted octanol–water partition coefficient (Wildman–Crippen LogP) is 0.113. The monoisotopic (exact) mass is 919 g/mol. The molecule has 0 aliphatic heterocycles. The minimum absolute atomic E-state index is 0.0380. The Morgan fingerprint density at radius 2 is 0.365 bits per heavy atom. The molecule has 0 saturated heterocycles. The molecule has 372 valence electrons. The van der Waals surface area contributed by atoms with E-state index in [0.29, 0.717) is 119 Å². The smallest absolute Gasteiger partial charge is 0.235 e. The van der Waals surface area contributed by atoms with Crippen LogP contribution in [0, 0.1) is 0 Å². The van der Waals surface area contributed by atoms with Crippen molar-refractivity contribution in [3.05, 3.63) is 0 Å². The third kappa shape index (κ3) is 34.7. The maximum atomic E-state index is 6.03. The molecule has 1 aromatic rings. The van der Waals surface area contributed by atoms with Crippen LogP contribution in [0.15, 0.2) is 0 Å². The zero-order valence-electron chi connectivity index (χ0n) is 38.7. The van der Waals surface area contributed by atoms with Crippen LogP contribution in [0.4, 0.5) is 17.8 Å². The van der Waals surface area contributed by atoms with Gasteiger partial charge in [-0.3, -0.25) is 14.7 Å². The van der Waals surface area contributed by atoms with Crippen molar-refractivity contribution in [3.63, 3.8) is 0 Å². The Morgan fingerprint density at radius 1 is 0.222 bits per heavy atom. The van der Waals surface area contributed by atoms with E-state index in [1.807, 2.05) is 0 Å². The summed E-state index contributed by atoms with van der Waals surface area (Å²) in [5, 5.41) is 0. The first-order valence-electron chi connectivity index (χ1n) is 21.0. The maximum Gasteiger partial charge on any atom is 0.235 e. The lowest BCUT2D eigenvalue weighted by molar-refractivity contribution is 0.00598. The van der Waals surface area contributed by atoms with Gasteiger partial charge < -0.3 is 85.3 Å². The maximum absolute atomic E-state index is 6.03. The average molecular weight is 919 g/mol. The summed E-state index contributed by atoms with van der Waals surface area (Å²) in [5.74, 6) is 0.673. The lowest BCUT2D eigenvalue weighted by Crippen LogP contribution is -2.37. The van der Waals surface area contributed by atoms with E-state index in [9.17, 15) is 0 Å². The van der Waals surface area contributed by atoms with Gasteiger partial charge in [0.05, 0.1) is 159 Å². The standard InChI is InChI=1S/C39H78N6O18/c1-46-7-13-52-19-25-58-31-43(32-59-26-20-53-14-8-47-2)37-40-38(44(33-60-27-21-54-15-9-48-3)34-61-28-22-55-16-10-49-4)42-39(41-37)45(35-62-29-23-56-17-11-50-5)36-63-30-24-57-18-12-51-6/h7-36H2,1-6H3. The summed E-state index contributed by atoms with van der Waals surface area (Å²) in [6.45, 7) is 9.46. The first kappa shape index (κ1) is 58.7. The summed E-state index contributed by atoms with van der Waals surface area (Å²) in [5.41, 5.74) is 0. The van der Waals surface area contributed by atoms with Crippen molar-refractivity contribution in [1.29, 1.82) is 0 Å². The highest BCUT2D eigenvalue weighted by atomic mass is 16.6. The third-order valence-electron chi connectivity index (χ3n) is 7.75. The summed E-state index contributed by atoms with van der Waals surface area (Å²) in [6, 6.07) is 0. The van der Waals surface area contributed by atoms with Crippen molar-refractivity contribution in [1.82, 2.24) is 15.0 Å². The molecular weight excluding hydrogens is 840 g/mol. The molecule has 0 aliphatic carbocycles. The van der Waals surface area contributed by atoms with E-state index in [2.05, 4.69) is 0 Å². The van der Waals surface area contributed by atoms with Gasteiger partial charge in [0.15, 0.2) is 0 Å². The van der Waals surface area contributed by atoms with Gasteiger partial charge in [0.2, 0.25) is 17.8 Å². The topological polar surface area (TPSA) is 215 Å². The molecule has 0 bridgehead atoms. The lowest BCUT2D eigenvalue weighted by atomic mass is 10.6. The summed E-state index contributed by atoms with van der Waals surface area (Å²) < 4.78 is 100. The van der Waals surface area contributed by atoms with Crippen LogP contribution in [-0.4, -0.2) is 257 Å². The van der Waals surface area contributed by atoms with E-state index in [4.69, 9.17) is 100 Å². The highest BCUT2D eigenvalue weighted by Gasteiger charge is 2.22. The van der Waals surface area contributed by atoms with Gasteiger partial charge in [-0.05, 0) is 0 Å². The van der Waals surface area contributed by atoms with Crippen LogP contribution >= 0.6 is 0 Å². The summed E-state index contributed by atoms with van der Waals surface area (Å²) in [4.78, 5) is 19.9. The third-order valence-corrected chi connectivity index (χ3v) is 7.75. The lowest BCUT2D eigenvalue weighted by Gasteiger charge is -2.29.